The number of β-amino-alcohol motifs (C(OH)–C–C–N with tert-alkyl or cyclic N) is 1. The SMILES string of the molecule is O=C1C2=C(CCC=C2)CN1C[C@@H](O)CN1CCc2ccccc2C1. The number of nitrogens with zero attached hydrogens (tertiary/aromatic N) is 2. The molecule has 1 aliphatic carbocycles. The van der Waals surface area contributed by atoms with E-state index in [9.17, 15) is 9.90 Å². The number of hydrogen-bond donors (Lipinski definition) is 1. The molecule has 0 radical (unpaired) electrons. The summed E-state index contributed by atoms with van der Waals surface area (Å²) in [4.78, 5) is 16.5. The maximum Gasteiger partial charge on any atom is 0.254 e. The molecule has 0 fully saturated rings. The van der Waals surface area contributed by atoms with E-state index in [-0.39, 0.29) is 5.91 Å². The fraction of sp³-hybridized carbons (Fsp3) is 0.450. The van der Waals surface area contributed by atoms with Gasteiger partial charge in [-0.1, -0.05) is 36.4 Å². The average Bonchev–Trinajstić information content (AvgIpc) is 2.91. The topological polar surface area (TPSA) is 43.8 Å². The third-order valence-corrected chi connectivity index (χ3v) is 5.29. The highest BCUT2D eigenvalue weighted by Crippen LogP contribution is 2.28. The Morgan fingerprint density at radius 3 is 2.75 bits per heavy atom. The van der Waals surface area contributed by atoms with Crippen LogP contribution in [-0.4, -0.2) is 53.1 Å². The van der Waals surface area contributed by atoms with Crippen molar-refractivity contribution in [3.8, 4) is 0 Å². The normalized spacial score (nSPS) is 21.9. The Morgan fingerprint density at radius 2 is 1.92 bits per heavy atom. The van der Waals surface area contributed by atoms with Crippen molar-refractivity contribution in [1.82, 2.24) is 9.80 Å². The molecule has 4 nitrogen and oxygen atoms in total. The minimum absolute atomic E-state index is 0.0870. The second-order valence-corrected chi connectivity index (χ2v) is 7.05. The fourth-order valence-corrected chi connectivity index (χ4v) is 4.04. The zero-order valence-corrected chi connectivity index (χ0v) is 13.9. The van der Waals surface area contributed by atoms with Crippen molar-refractivity contribution >= 4 is 5.91 Å². The van der Waals surface area contributed by atoms with Gasteiger partial charge in [0.1, 0.15) is 0 Å². The summed E-state index contributed by atoms with van der Waals surface area (Å²) in [6.45, 7) is 3.60. The van der Waals surface area contributed by atoms with Gasteiger partial charge in [-0.3, -0.25) is 9.69 Å². The Balaban J connectivity index is 1.33. The molecule has 1 N–H and O–H groups in total. The number of rotatable bonds is 4. The van der Waals surface area contributed by atoms with Gasteiger partial charge in [-0.05, 0) is 36.0 Å². The highest BCUT2D eigenvalue weighted by Gasteiger charge is 2.31. The van der Waals surface area contributed by atoms with E-state index in [0.717, 1.165) is 37.9 Å². The lowest BCUT2D eigenvalue weighted by Crippen LogP contribution is -2.43. The quantitative estimate of drug-likeness (QED) is 0.920. The second kappa shape index (κ2) is 6.54. The molecule has 1 atom stereocenters. The lowest BCUT2D eigenvalue weighted by molar-refractivity contribution is -0.126. The first-order valence-electron chi connectivity index (χ1n) is 8.86. The molecule has 4 rings (SSSR count). The molecule has 1 aromatic rings. The van der Waals surface area contributed by atoms with E-state index >= 15 is 0 Å². The minimum Gasteiger partial charge on any atom is -0.390 e. The number of carbonyl (C=O) groups is 1. The van der Waals surface area contributed by atoms with E-state index in [1.807, 2.05) is 11.0 Å². The molecule has 126 valence electrons. The van der Waals surface area contributed by atoms with Crippen LogP contribution in [-0.2, 0) is 17.8 Å². The summed E-state index contributed by atoms with van der Waals surface area (Å²) in [5, 5.41) is 10.5. The summed E-state index contributed by atoms with van der Waals surface area (Å²) in [6.07, 6.45) is 6.57. The van der Waals surface area contributed by atoms with Crippen LogP contribution in [0.2, 0.25) is 0 Å². The van der Waals surface area contributed by atoms with Crippen LogP contribution in [0.25, 0.3) is 0 Å². The zero-order chi connectivity index (χ0) is 16.5. The molecule has 0 bridgehead atoms. The summed E-state index contributed by atoms with van der Waals surface area (Å²) in [7, 11) is 0. The molecule has 0 aromatic heterocycles. The Morgan fingerprint density at radius 1 is 1.08 bits per heavy atom. The van der Waals surface area contributed by atoms with E-state index in [0.29, 0.717) is 19.6 Å². The highest BCUT2D eigenvalue weighted by atomic mass is 16.3. The maximum atomic E-state index is 12.4. The van der Waals surface area contributed by atoms with Crippen molar-refractivity contribution in [2.24, 2.45) is 0 Å². The number of aliphatic hydroxyl groups excluding tert-OH is 1. The van der Waals surface area contributed by atoms with Gasteiger partial charge in [-0.2, -0.15) is 0 Å². The zero-order valence-electron chi connectivity index (χ0n) is 13.9. The molecule has 24 heavy (non-hydrogen) atoms. The van der Waals surface area contributed by atoms with Crippen molar-refractivity contribution < 1.29 is 9.90 Å². The molecule has 0 unspecified atom stereocenters. The van der Waals surface area contributed by atoms with E-state index in [4.69, 9.17) is 0 Å². The van der Waals surface area contributed by atoms with Gasteiger partial charge in [0.25, 0.3) is 5.91 Å². The van der Waals surface area contributed by atoms with Gasteiger partial charge in [0.15, 0.2) is 0 Å². The minimum atomic E-state index is -0.496. The fourth-order valence-electron chi connectivity index (χ4n) is 4.04. The third kappa shape index (κ3) is 3.04. The smallest absolute Gasteiger partial charge is 0.254 e. The maximum absolute atomic E-state index is 12.4. The summed E-state index contributed by atoms with van der Waals surface area (Å²) in [5.41, 5.74) is 4.87. The standard InChI is InChI=1S/C20H24N2O2/c23-18(13-21-10-9-15-5-1-2-6-16(15)11-21)14-22-12-17-7-3-4-8-19(17)20(22)24/h1-2,4-6,8,18,23H,3,7,9-14H2/t18-/m0/s1. The van der Waals surface area contributed by atoms with Gasteiger partial charge < -0.3 is 10.0 Å². The van der Waals surface area contributed by atoms with Crippen molar-refractivity contribution in [1.29, 1.82) is 0 Å². The monoisotopic (exact) mass is 324 g/mol. The van der Waals surface area contributed by atoms with Crippen LogP contribution in [0.1, 0.15) is 24.0 Å². The first-order chi connectivity index (χ1) is 11.7. The Kier molecular flexibility index (Phi) is 4.25. The van der Waals surface area contributed by atoms with E-state index < -0.39 is 6.10 Å². The van der Waals surface area contributed by atoms with Gasteiger partial charge >= 0.3 is 0 Å². The Labute approximate surface area is 143 Å². The molecule has 0 spiro atoms. The molecular formula is C20H24N2O2. The summed E-state index contributed by atoms with van der Waals surface area (Å²) < 4.78 is 0. The predicted octanol–water partition coefficient (Wildman–Crippen LogP) is 1.89. The molecule has 0 saturated carbocycles. The van der Waals surface area contributed by atoms with E-state index in [1.54, 1.807) is 0 Å². The van der Waals surface area contributed by atoms with Gasteiger partial charge in [0.2, 0.25) is 0 Å². The first-order valence-corrected chi connectivity index (χ1v) is 8.86. The van der Waals surface area contributed by atoms with Gasteiger partial charge in [0.05, 0.1) is 6.10 Å². The Hall–Kier alpha value is -1.91. The molecule has 4 heteroatoms. The molecule has 0 saturated heterocycles. The number of allylic oxidation sites excluding steroid dienone is 1. The van der Waals surface area contributed by atoms with Crippen molar-refractivity contribution in [3.05, 3.63) is 58.7 Å². The van der Waals surface area contributed by atoms with Crippen LogP contribution in [0.5, 0.6) is 0 Å². The van der Waals surface area contributed by atoms with E-state index in [2.05, 4.69) is 35.2 Å². The molecule has 1 aromatic carbocycles. The van der Waals surface area contributed by atoms with Crippen LogP contribution in [0.15, 0.2) is 47.6 Å². The lowest BCUT2D eigenvalue weighted by Gasteiger charge is -2.31. The number of aliphatic hydroxyl groups is 1. The number of hydrogen-bond acceptors (Lipinski definition) is 3. The summed E-state index contributed by atoms with van der Waals surface area (Å²) in [5.74, 6) is 0.0870. The van der Waals surface area contributed by atoms with Crippen molar-refractivity contribution in [3.63, 3.8) is 0 Å². The summed E-state index contributed by atoms with van der Waals surface area (Å²) in [6, 6.07) is 8.52. The summed E-state index contributed by atoms with van der Waals surface area (Å²) >= 11 is 0. The third-order valence-electron chi connectivity index (χ3n) is 5.29. The highest BCUT2D eigenvalue weighted by molar-refractivity contribution is 6.00. The van der Waals surface area contributed by atoms with E-state index in [1.165, 1.54) is 16.7 Å². The van der Waals surface area contributed by atoms with Gasteiger partial charge in [-0.15, -0.1) is 0 Å². The van der Waals surface area contributed by atoms with Crippen LogP contribution >= 0.6 is 0 Å². The van der Waals surface area contributed by atoms with Crippen LogP contribution in [0, 0.1) is 0 Å². The number of carbonyl (C=O) groups excluding carboxylic acids is 1. The number of fused-ring (bicyclic) bond motifs is 1. The Bertz CT molecular complexity index is 707. The van der Waals surface area contributed by atoms with Crippen molar-refractivity contribution in [2.45, 2.75) is 31.9 Å². The number of amides is 1. The van der Waals surface area contributed by atoms with Crippen LogP contribution in [0.4, 0.5) is 0 Å². The molecule has 2 aliphatic heterocycles. The number of benzene rings is 1. The van der Waals surface area contributed by atoms with Gasteiger partial charge in [0, 0.05) is 38.3 Å². The predicted molar refractivity (Wildman–Crippen MR) is 93.4 cm³/mol. The average molecular weight is 324 g/mol. The molecule has 3 aliphatic rings. The lowest BCUT2D eigenvalue weighted by atomic mass is 10.00. The molecule has 2 heterocycles. The van der Waals surface area contributed by atoms with Crippen molar-refractivity contribution in [2.75, 3.05) is 26.2 Å². The molecular weight excluding hydrogens is 300 g/mol. The first kappa shape index (κ1) is 15.6. The largest absolute Gasteiger partial charge is 0.390 e. The van der Waals surface area contributed by atoms with Crippen LogP contribution in [0.3, 0.4) is 0 Å². The second-order valence-electron chi connectivity index (χ2n) is 7.05. The molecule has 1 amide bonds. The van der Waals surface area contributed by atoms with Gasteiger partial charge in [-0.25, -0.2) is 0 Å². The van der Waals surface area contributed by atoms with Crippen LogP contribution < -0.4 is 0 Å².